The van der Waals surface area contributed by atoms with Gasteiger partial charge in [-0.05, 0) is 67.4 Å². The van der Waals surface area contributed by atoms with Gasteiger partial charge in [0.1, 0.15) is 24.3 Å². The van der Waals surface area contributed by atoms with E-state index in [4.69, 9.17) is 13.9 Å². The van der Waals surface area contributed by atoms with Gasteiger partial charge in [-0.25, -0.2) is 9.78 Å². The van der Waals surface area contributed by atoms with Crippen LogP contribution in [0.4, 0.5) is 13.2 Å². The number of alkyl halides is 3. The molecule has 8 heteroatoms. The molecule has 0 aliphatic carbocycles. The van der Waals surface area contributed by atoms with E-state index >= 15 is 0 Å². The van der Waals surface area contributed by atoms with E-state index in [0.717, 1.165) is 23.3 Å². The standard InChI is InChI=1S/C23H20F3NO4/c1-3-29-21(28)9-4-16-10-15(2)11-20(12-16)30-13-19-14-31-22(27-19)17-5-7-18(8-6-17)23(24,25)26/h4-12,14H,3,13H2,1-2H3. The molecule has 1 heterocycles. The summed E-state index contributed by atoms with van der Waals surface area (Å²) in [6.45, 7) is 4.04. The predicted molar refractivity (Wildman–Crippen MR) is 108 cm³/mol. The number of hydrogen-bond donors (Lipinski definition) is 0. The van der Waals surface area contributed by atoms with Crippen LogP contribution >= 0.6 is 0 Å². The summed E-state index contributed by atoms with van der Waals surface area (Å²) in [5.41, 5.74) is 1.89. The third-order valence-electron chi connectivity index (χ3n) is 4.17. The summed E-state index contributed by atoms with van der Waals surface area (Å²) in [5, 5.41) is 0. The molecule has 0 atom stereocenters. The van der Waals surface area contributed by atoms with E-state index in [-0.39, 0.29) is 12.5 Å². The van der Waals surface area contributed by atoms with E-state index in [1.807, 2.05) is 19.1 Å². The van der Waals surface area contributed by atoms with Crippen molar-refractivity contribution in [3.05, 3.63) is 77.2 Å². The smallest absolute Gasteiger partial charge is 0.416 e. The maximum Gasteiger partial charge on any atom is 0.416 e. The summed E-state index contributed by atoms with van der Waals surface area (Å²) < 4.78 is 54.0. The minimum atomic E-state index is -4.40. The Kier molecular flexibility index (Phi) is 6.79. The van der Waals surface area contributed by atoms with Crippen molar-refractivity contribution in [2.45, 2.75) is 26.6 Å². The quantitative estimate of drug-likeness (QED) is 0.348. The molecule has 2 aromatic carbocycles. The first kappa shape index (κ1) is 22.1. The third-order valence-corrected chi connectivity index (χ3v) is 4.17. The molecule has 31 heavy (non-hydrogen) atoms. The fraction of sp³-hybridized carbons (Fsp3) is 0.217. The van der Waals surface area contributed by atoms with Crippen molar-refractivity contribution in [2.24, 2.45) is 0 Å². The Morgan fingerprint density at radius 1 is 1.16 bits per heavy atom. The lowest BCUT2D eigenvalue weighted by Crippen LogP contribution is -2.04. The molecular weight excluding hydrogens is 411 g/mol. The molecule has 162 valence electrons. The fourth-order valence-corrected chi connectivity index (χ4v) is 2.78. The van der Waals surface area contributed by atoms with E-state index in [1.54, 1.807) is 19.1 Å². The average Bonchev–Trinajstić information content (AvgIpc) is 3.19. The highest BCUT2D eigenvalue weighted by atomic mass is 19.4. The predicted octanol–water partition coefficient (Wildman–Crippen LogP) is 5.82. The van der Waals surface area contributed by atoms with Gasteiger partial charge < -0.3 is 13.9 Å². The Bertz CT molecular complexity index is 1070. The highest BCUT2D eigenvalue weighted by molar-refractivity contribution is 5.87. The fourth-order valence-electron chi connectivity index (χ4n) is 2.78. The van der Waals surface area contributed by atoms with E-state index in [1.165, 1.54) is 24.5 Å². The van der Waals surface area contributed by atoms with Gasteiger partial charge in [-0.15, -0.1) is 0 Å². The van der Waals surface area contributed by atoms with Gasteiger partial charge in [-0.3, -0.25) is 0 Å². The van der Waals surface area contributed by atoms with Crippen molar-refractivity contribution in [3.8, 4) is 17.2 Å². The summed E-state index contributed by atoms with van der Waals surface area (Å²) in [6.07, 6.45) is -0.0245. The van der Waals surface area contributed by atoms with Crippen LogP contribution in [-0.2, 0) is 22.3 Å². The Morgan fingerprint density at radius 3 is 2.58 bits per heavy atom. The topological polar surface area (TPSA) is 61.6 Å². The minimum absolute atomic E-state index is 0.106. The van der Waals surface area contributed by atoms with Gasteiger partial charge in [0, 0.05) is 11.6 Å². The highest BCUT2D eigenvalue weighted by Gasteiger charge is 2.30. The number of benzene rings is 2. The number of carbonyl (C=O) groups excluding carboxylic acids is 1. The number of rotatable bonds is 7. The molecule has 0 bridgehead atoms. The Morgan fingerprint density at radius 2 is 1.90 bits per heavy atom. The molecule has 0 fully saturated rings. The van der Waals surface area contributed by atoms with Crippen LogP contribution in [0.25, 0.3) is 17.5 Å². The maximum atomic E-state index is 12.7. The zero-order valence-corrected chi connectivity index (χ0v) is 16.9. The maximum absolute atomic E-state index is 12.7. The van der Waals surface area contributed by atoms with E-state index in [0.29, 0.717) is 23.6 Å². The Balaban J connectivity index is 1.66. The second-order valence-corrected chi connectivity index (χ2v) is 6.67. The van der Waals surface area contributed by atoms with Crippen molar-refractivity contribution in [1.82, 2.24) is 4.98 Å². The lowest BCUT2D eigenvalue weighted by Gasteiger charge is -2.07. The number of carbonyl (C=O) groups is 1. The summed E-state index contributed by atoms with van der Waals surface area (Å²) >= 11 is 0. The summed E-state index contributed by atoms with van der Waals surface area (Å²) in [7, 11) is 0. The van der Waals surface area contributed by atoms with Gasteiger partial charge in [0.25, 0.3) is 0 Å². The summed E-state index contributed by atoms with van der Waals surface area (Å²) in [5.74, 6) is 0.349. The number of halogens is 3. The molecule has 0 radical (unpaired) electrons. The van der Waals surface area contributed by atoms with Gasteiger partial charge in [-0.1, -0.05) is 6.07 Å². The van der Waals surface area contributed by atoms with Crippen molar-refractivity contribution < 1.29 is 31.9 Å². The van der Waals surface area contributed by atoms with Crippen molar-refractivity contribution >= 4 is 12.0 Å². The second kappa shape index (κ2) is 9.51. The SMILES string of the molecule is CCOC(=O)C=Cc1cc(C)cc(OCc2coc(-c3ccc(C(F)(F)F)cc3)n2)c1. The third kappa shape index (κ3) is 6.21. The van der Waals surface area contributed by atoms with Crippen LogP contribution in [0.15, 0.2) is 59.2 Å². The molecule has 3 rings (SSSR count). The Labute approximate surface area is 177 Å². The number of aromatic nitrogens is 1. The average molecular weight is 431 g/mol. The van der Waals surface area contributed by atoms with Gasteiger partial charge in [0.15, 0.2) is 0 Å². The number of ether oxygens (including phenoxy) is 2. The number of aryl methyl sites for hydroxylation is 1. The van der Waals surface area contributed by atoms with Gasteiger partial charge in [-0.2, -0.15) is 13.2 Å². The number of oxazole rings is 1. The lowest BCUT2D eigenvalue weighted by atomic mass is 10.1. The molecule has 0 unspecified atom stereocenters. The van der Waals surface area contributed by atoms with Crippen LogP contribution in [0.1, 0.15) is 29.3 Å². The van der Waals surface area contributed by atoms with Crippen molar-refractivity contribution in [1.29, 1.82) is 0 Å². The van der Waals surface area contributed by atoms with Crippen LogP contribution < -0.4 is 4.74 Å². The van der Waals surface area contributed by atoms with E-state index < -0.39 is 17.7 Å². The summed E-state index contributed by atoms with van der Waals surface area (Å²) in [4.78, 5) is 15.7. The molecule has 0 N–H and O–H groups in total. The molecule has 3 aromatic rings. The molecule has 0 aliphatic rings. The van der Waals surface area contributed by atoms with Gasteiger partial charge in [0.05, 0.1) is 12.2 Å². The van der Waals surface area contributed by atoms with Crippen LogP contribution in [0.3, 0.4) is 0 Å². The zero-order valence-electron chi connectivity index (χ0n) is 16.9. The van der Waals surface area contributed by atoms with Crippen LogP contribution in [0, 0.1) is 6.92 Å². The van der Waals surface area contributed by atoms with Crippen molar-refractivity contribution in [2.75, 3.05) is 6.61 Å². The lowest BCUT2D eigenvalue weighted by molar-refractivity contribution is -0.138. The van der Waals surface area contributed by atoms with Crippen molar-refractivity contribution in [3.63, 3.8) is 0 Å². The molecular formula is C23H20F3NO4. The summed E-state index contributed by atoms with van der Waals surface area (Å²) in [6, 6.07) is 10.1. The highest BCUT2D eigenvalue weighted by Crippen LogP contribution is 2.31. The molecule has 5 nitrogen and oxygen atoms in total. The van der Waals surface area contributed by atoms with E-state index in [2.05, 4.69) is 4.98 Å². The van der Waals surface area contributed by atoms with Gasteiger partial charge in [0.2, 0.25) is 5.89 Å². The molecule has 0 saturated heterocycles. The minimum Gasteiger partial charge on any atom is -0.487 e. The largest absolute Gasteiger partial charge is 0.487 e. The molecule has 0 saturated carbocycles. The first-order valence-electron chi connectivity index (χ1n) is 9.46. The molecule has 0 spiro atoms. The van der Waals surface area contributed by atoms with Crippen LogP contribution in [0.5, 0.6) is 5.75 Å². The second-order valence-electron chi connectivity index (χ2n) is 6.67. The number of nitrogens with zero attached hydrogens (tertiary/aromatic N) is 1. The van der Waals surface area contributed by atoms with E-state index in [9.17, 15) is 18.0 Å². The van der Waals surface area contributed by atoms with Gasteiger partial charge >= 0.3 is 12.1 Å². The normalized spacial score (nSPS) is 11.6. The first-order valence-corrected chi connectivity index (χ1v) is 9.46. The van der Waals surface area contributed by atoms with Crippen LogP contribution in [0.2, 0.25) is 0 Å². The Hall–Kier alpha value is -3.55. The zero-order chi connectivity index (χ0) is 22.4. The first-order chi connectivity index (χ1) is 14.7. The molecule has 0 aliphatic heterocycles. The molecule has 1 aromatic heterocycles. The van der Waals surface area contributed by atoms with Crippen LogP contribution in [-0.4, -0.2) is 17.6 Å². The number of esters is 1. The molecule has 0 amide bonds. The monoisotopic (exact) mass is 431 g/mol. The number of hydrogen-bond acceptors (Lipinski definition) is 5.